The third kappa shape index (κ3) is 4.83. The van der Waals surface area contributed by atoms with Gasteiger partial charge in [-0.05, 0) is 43.4 Å². The van der Waals surface area contributed by atoms with Crippen LogP contribution in [0, 0.1) is 11.6 Å². The summed E-state index contributed by atoms with van der Waals surface area (Å²) in [6, 6.07) is 38.0. The van der Waals surface area contributed by atoms with Crippen LogP contribution < -0.4 is 4.84 Å². The SMILES string of the molecule is CN(CCN1Cc2cc(F)cc(-n3c4ccccc4c4ccccc43)c2O1)Cc1cc(F)cc(-n2c3ccccc3c3ccccc32)c1O. The van der Waals surface area contributed by atoms with E-state index in [1.165, 1.54) is 24.3 Å². The number of hydrogen-bond donors (Lipinski definition) is 1. The van der Waals surface area contributed by atoms with E-state index in [-0.39, 0.29) is 11.6 Å². The molecule has 1 aliphatic rings. The van der Waals surface area contributed by atoms with Crippen LogP contribution in [-0.4, -0.2) is 44.3 Å². The molecule has 9 rings (SSSR count). The highest BCUT2D eigenvalue weighted by Gasteiger charge is 2.28. The lowest BCUT2D eigenvalue weighted by Crippen LogP contribution is -2.32. The second-order valence-corrected chi connectivity index (χ2v) is 12.8. The summed E-state index contributed by atoms with van der Waals surface area (Å²) in [6.07, 6.45) is 0. The zero-order chi connectivity index (χ0) is 33.2. The number of aromatic hydroxyl groups is 1. The average Bonchev–Trinajstić information content (AvgIpc) is 3.78. The Hall–Kier alpha value is -5.70. The van der Waals surface area contributed by atoms with Crippen molar-refractivity contribution in [3.05, 3.63) is 144 Å². The molecule has 0 unspecified atom stereocenters. The van der Waals surface area contributed by atoms with Crippen LogP contribution in [-0.2, 0) is 13.1 Å². The van der Waals surface area contributed by atoms with Crippen LogP contribution in [0.5, 0.6) is 11.5 Å². The fraction of sp³-hybridized carbons (Fsp3) is 0.122. The number of phenolic OH excluding ortho intramolecular Hbond substituents is 1. The van der Waals surface area contributed by atoms with Gasteiger partial charge < -0.3 is 24.0 Å². The first kappa shape index (κ1) is 29.4. The Morgan fingerprint density at radius 2 is 1.12 bits per heavy atom. The minimum absolute atomic E-state index is 0.0378. The van der Waals surface area contributed by atoms with Crippen molar-refractivity contribution >= 4 is 43.6 Å². The highest BCUT2D eigenvalue weighted by atomic mass is 19.1. The second kappa shape index (κ2) is 11.5. The molecule has 2 aromatic heterocycles. The van der Waals surface area contributed by atoms with E-state index in [1.54, 1.807) is 0 Å². The zero-order valence-electron chi connectivity index (χ0n) is 26.8. The van der Waals surface area contributed by atoms with Crippen LogP contribution in [0.25, 0.3) is 55.0 Å². The summed E-state index contributed by atoms with van der Waals surface area (Å²) in [7, 11) is 1.93. The molecule has 0 fully saturated rings. The summed E-state index contributed by atoms with van der Waals surface area (Å²) < 4.78 is 34.3. The lowest BCUT2D eigenvalue weighted by Gasteiger charge is -2.22. The Morgan fingerprint density at radius 3 is 1.67 bits per heavy atom. The van der Waals surface area contributed by atoms with Gasteiger partial charge in [0.25, 0.3) is 0 Å². The van der Waals surface area contributed by atoms with Crippen molar-refractivity contribution in [3.63, 3.8) is 0 Å². The fourth-order valence-corrected chi connectivity index (χ4v) is 7.45. The maximum absolute atomic E-state index is 15.2. The van der Waals surface area contributed by atoms with Gasteiger partial charge in [-0.2, -0.15) is 0 Å². The number of rotatable bonds is 7. The number of nitrogens with zero attached hydrogens (tertiary/aromatic N) is 4. The van der Waals surface area contributed by atoms with Crippen molar-refractivity contribution in [2.45, 2.75) is 13.1 Å². The predicted octanol–water partition coefficient (Wildman–Crippen LogP) is 9.11. The molecule has 49 heavy (non-hydrogen) atoms. The molecule has 3 heterocycles. The topological polar surface area (TPSA) is 45.8 Å². The lowest BCUT2D eigenvalue weighted by molar-refractivity contribution is -0.0473. The summed E-state index contributed by atoms with van der Waals surface area (Å²) >= 11 is 0. The van der Waals surface area contributed by atoms with E-state index in [2.05, 4.69) is 16.7 Å². The van der Waals surface area contributed by atoms with E-state index in [0.717, 1.165) is 49.2 Å². The van der Waals surface area contributed by atoms with Crippen molar-refractivity contribution in [2.24, 2.45) is 0 Å². The molecule has 6 aromatic carbocycles. The Labute approximate surface area is 281 Å². The van der Waals surface area contributed by atoms with Gasteiger partial charge in [0, 0.05) is 64.4 Å². The van der Waals surface area contributed by atoms with Gasteiger partial charge in [0.2, 0.25) is 0 Å². The van der Waals surface area contributed by atoms with Crippen molar-refractivity contribution < 1.29 is 18.7 Å². The van der Waals surface area contributed by atoms with Crippen LogP contribution in [0.2, 0.25) is 0 Å². The molecule has 0 spiro atoms. The van der Waals surface area contributed by atoms with Crippen LogP contribution in [0.4, 0.5) is 8.78 Å². The van der Waals surface area contributed by atoms with Gasteiger partial charge in [0.05, 0.1) is 40.0 Å². The largest absolute Gasteiger partial charge is 0.505 e. The van der Waals surface area contributed by atoms with Crippen molar-refractivity contribution in [3.8, 4) is 22.9 Å². The van der Waals surface area contributed by atoms with Crippen molar-refractivity contribution in [2.75, 3.05) is 20.1 Å². The van der Waals surface area contributed by atoms with Gasteiger partial charge in [0.15, 0.2) is 5.75 Å². The first-order valence-corrected chi connectivity index (χ1v) is 16.4. The Kier molecular flexibility index (Phi) is 6.89. The summed E-state index contributed by atoms with van der Waals surface area (Å²) in [5.41, 5.74) is 6.07. The van der Waals surface area contributed by atoms with Gasteiger partial charge in [-0.3, -0.25) is 0 Å². The van der Waals surface area contributed by atoms with Crippen LogP contribution >= 0.6 is 0 Å². The maximum atomic E-state index is 15.2. The van der Waals surface area contributed by atoms with Crippen molar-refractivity contribution in [1.82, 2.24) is 19.1 Å². The number of fused-ring (bicyclic) bond motifs is 7. The number of aromatic nitrogens is 2. The number of likely N-dealkylation sites (N-methyl/N-ethyl adjacent to an activating group) is 1. The van der Waals surface area contributed by atoms with Gasteiger partial charge in [-0.1, -0.05) is 72.8 Å². The second-order valence-electron chi connectivity index (χ2n) is 12.8. The van der Waals surface area contributed by atoms with E-state index >= 15 is 8.78 Å². The normalized spacial score (nSPS) is 13.3. The molecule has 0 aliphatic carbocycles. The molecule has 0 atom stereocenters. The highest BCUT2D eigenvalue weighted by Crippen LogP contribution is 2.41. The van der Waals surface area contributed by atoms with E-state index in [9.17, 15) is 5.11 Å². The minimum atomic E-state index is -0.420. The first-order chi connectivity index (χ1) is 23.9. The molecule has 1 N–H and O–H groups in total. The number of phenols is 1. The molecule has 242 valence electrons. The van der Waals surface area contributed by atoms with Gasteiger partial charge >= 0.3 is 0 Å². The number of benzene rings is 6. The fourth-order valence-electron chi connectivity index (χ4n) is 7.45. The highest BCUT2D eigenvalue weighted by molar-refractivity contribution is 6.10. The maximum Gasteiger partial charge on any atom is 0.176 e. The number of hydroxylamine groups is 2. The minimum Gasteiger partial charge on any atom is -0.505 e. The molecule has 0 amide bonds. The number of hydrogen-bond acceptors (Lipinski definition) is 4. The summed E-state index contributed by atoms with van der Waals surface area (Å²) in [4.78, 5) is 8.43. The molecule has 0 saturated carbocycles. The molecule has 1 aliphatic heterocycles. The molecular formula is C41H32F2N4O2. The van der Waals surface area contributed by atoms with E-state index in [4.69, 9.17) is 4.84 Å². The average molecular weight is 651 g/mol. The first-order valence-electron chi connectivity index (χ1n) is 16.4. The van der Waals surface area contributed by atoms with Gasteiger partial charge in [-0.15, -0.1) is 5.06 Å². The van der Waals surface area contributed by atoms with Crippen LogP contribution in [0.1, 0.15) is 11.1 Å². The quantitative estimate of drug-likeness (QED) is 0.187. The Balaban J connectivity index is 0.978. The van der Waals surface area contributed by atoms with E-state index in [0.29, 0.717) is 48.9 Å². The van der Waals surface area contributed by atoms with Gasteiger partial charge in [-0.25, -0.2) is 8.78 Å². The molecule has 6 nitrogen and oxygen atoms in total. The number of para-hydroxylation sites is 4. The Morgan fingerprint density at radius 1 is 0.653 bits per heavy atom. The zero-order valence-corrected chi connectivity index (χ0v) is 26.8. The predicted molar refractivity (Wildman–Crippen MR) is 191 cm³/mol. The molecule has 0 radical (unpaired) electrons. The van der Waals surface area contributed by atoms with Crippen LogP contribution in [0.15, 0.2) is 121 Å². The standard InChI is InChI=1S/C41H32F2N4O2/c1-44(24-26-20-28(42)22-38(40(26)48)46-34-14-6-2-10-30(34)31-11-3-7-15-35(31)46)18-19-45-25-27-21-29(43)23-39(41(27)49-45)47-36-16-8-4-12-32(36)33-13-5-9-17-37(33)47/h2-17,20-23,48H,18-19,24-25H2,1H3. The summed E-state index contributed by atoms with van der Waals surface area (Å²) in [6.45, 7) is 1.81. The molecule has 8 aromatic rings. The van der Waals surface area contributed by atoms with Crippen molar-refractivity contribution in [1.29, 1.82) is 0 Å². The smallest absolute Gasteiger partial charge is 0.176 e. The molecule has 0 bridgehead atoms. The lowest BCUT2D eigenvalue weighted by atomic mass is 10.1. The van der Waals surface area contributed by atoms with E-state index in [1.807, 2.05) is 107 Å². The number of halogens is 2. The Bertz CT molecular complexity index is 2470. The molecule has 8 heteroatoms. The summed E-state index contributed by atoms with van der Waals surface area (Å²) in [5.74, 6) is -0.0696. The third-order valence-corrected chi connectivity index (χ3v) is 9.62. The summed E-state index contributed by atoms with van der Waals surface area (Å²) in [5, 5.41) is 17.6. The van der Waals surface area contributed by atoms with E-state index < -0.39 is 5.82 Å². The monoisotopic (exact) mass is 650 g/mol. The molecule has 0 saturated heterocycles. The van der Waals surface area contributed by atoms with Gasteiger partial charge in [0.1, 0.15) is 17.4 Å². The van der Waals surface area contributed by atoms with Crippen LogP contribution in [0.3, 0.4) is 0 Å². The molecular weight excluding hydrogens is 618 g/mol. The third-order valence-electron chi connectivity index (χ3n) is 9.62.